The van der Waals surface area contributed by atoms with Gasteiger partial charge in [0, 0.05) is 46.9 Å². The molecule has 8 nitrogen and oxygen atoms in total. The highest BCUT2D eigenvalue weighted by Gasteiger charge is 2.27. The molecule has 2 amide bonds. The normalized spacial score (nSPS) is 14.4. The fourth-order valence-electron chi connectivity index (χ4n) is 5.01. The molecule has 1 fully saturated rings. The lowest BCUT2D eigenvalue weighted by atomic mass is 9.97. The molecule has 0 radical (unpaired) electrons. The Labute approximate surface area is 249 Å². The Morgan fingerprint density at radius 3 is 2.54 bits per heavy atom. The van der Waals surface area contributed by atoms with Crippen LogP contribution in [0.1, 0.15) is 55.4 Å². The van der Waals surface area contributed by atoms with Crippen LogP contribution >= 0.6 is 23.2 Å². The summed E-state index contributed by atoms with van der Waals surface area (Å²) in [6.45, 7) is 9.64. The number of rotatable bonds is 6. The zero-order chi connectivity index (χ0) is 29.3. The number of hydrogen-bond donors (Lipinski definition) is 1. The summed E-state index contributed by atoms with van der Waals surface area (Å²) in [5, 5.41) is 9.65. The largest absolute Gasteiger partial charge is 0.456 e. The second kappa shape index (κ2) is 11.8. The Balaban J connectivity index is 1.23. The molecule has 1 aliphatic rings. The van der Waals surface area contributed by atoms with E-state index in [2.05, 4.69) is 10.4 Å². The van der Waals surface area contributed by atoms with Gasteiger partial charge in [-0.05, 0) is 82.9 Å². The summed E-state index contributed by atoms with van der Waals surface area (Å²) in [5.41, 5.74) is 3.02. The number of fused-ring (bicyclic) bond motifs is 1. The van der Waals surface area contributed by atoms with E-state index in [0.717, 1.165) is 35.0 Å². The maximum absolute atomic E-state index is 13.0. The summed E-state index contributed by atoms with van der Waals surface area (Å²) in [6.07, 6.45) is 1.32. The van der Waals surface area contributed by atoms with Crippen molar-refractivity contribution in [3.05, 3.63) is 75.5 Å². The third-order valence-electron chi connectivity index (χ3n) is 7.15. The summed E-state index contributed by atoms with van der Waals surface area (Å²) in [7, 11) is 0. The summed E-state index contributed by atoms with van der Waals surface area (Å²) in [4.78, 5) is 27.0. The van der Waals surface area contributed by atoms with Gasteiger partial charge in [-0.25, -0.2) is 4.79 Å². The highest BCUT2D eigenvalue weighted by molar-refractivity contribution is 6.33. The Bertz CT molecular complexity index is 1580. The summed E-state index contributed by atoms with van der Waals surface area (Å²) in [6, 6.07) is 14.9. The minimum atomic E-state index is -0.514. The van der Waals surface area contributed by atoms with Gasteiger partial charge in [0.05, 0.1) is 11.6 Å². The molecule has 0 saturated carbocycles. The van der Waals surface area contributed by atoms with Crippen LogP contribution in [0.2, 0.25) is 10.0 Å². The minimum Gasteiger partial charge on any atom is -0.456 e. The van der Waals surface area contributed by atoms with E-state index in [1.165, 1.54) is 0 Å². The number of nitrogens with one attached hydrogen (secondary N) is 1. The molecule has 2 aromatic heterocycles. The number of halogens is 2. The maximum Gasteiger partial charge on any atom is 0.410 e. The van der Waals surface area contributed by atoms with Crippen LogP contribution in [0.25, 0.3) is 22.3 Å². The topological polar surface area (TPSA) is 89.6 Å². The van der Waals surface area contributed by atoms with Crippen LogP contribution in [-0.4, -0.2) is 51.9 Å². The van der Waals surface area contributed by atoms with Gasteiger partial charge in [0.25, 0.3) is 5.91 Å². The number of carbonyl (C=O) groups is 2. The first-order valence-electron chi connectivity index (χ1n) is 13.7. The molecule has 4 aromatic rings. The predicted octanol–water partition coefficient (Wildman–Crippen LogP) is 7.34. The van der Waals surface area contributed by atoms with Crippen LogP contribution in [-0.2, 0) is 11.3 Å². The second-order valence-corrected chi connectivity index (χ2v) is 12.4. The number of aryl methyl sites for hydroxylation is 1. The highest BCUT2D eigenvalue weighted by Crippen LogP contribution is 2.35. The third kappa shape index (κ3) is 6.88. The van der Waals surface area contributed by atoms with Crippen molar-refractivity contribution in [2.75, 3.05) is 19.6 Å². The Morgan fingerprint density at radius 1 is 1.10 bits per heavy atom. The Morgan fingerprint density at radius 2 is 1.83 bits per heavy atom. The third-order valence-corrected chi connectivity index (χ3v) is 7.70. The number of furan rings is 1. The number of hydrogen-bond acceptors (Lipinski definition) is 5. The van der Waals surface area contributed by atoms with E-state index in [9.17, 15) is 9.59 Å². The second-order valence-electron chi connectivity index (χ2n) is 11.5. The van der Waals surface area contributed by atoms with Crippen LogP contribution in [0, 0.1) is 12.8 Å². The van der Waals surface area contributed by atoms with Gasteiger partial charge in [0.1, 0.15) is 22.6 Å². The van der Waals surface area contributed by atoms with Gasteiger partial charge < -0.3 is 19.4 Å². The van der Waals surface area contributed by atoms with Crippen LogP contribution in [0.3, 0.4) is 0 Å². The molecule has 3 heterocycles. The number of piperidine rings is 1. The molecule has 1 N–H and O–H groups in total. The van der Waals surface area contributed by atoms with Gasteiger partial charge in [-0.1, -0.05) is 35.3 Å². The number of benzene rings is 2. The smallest absolute Gasteiger partial charge is 0.410 e. The van der Waals surface area contributed by atoms with Crippen LogP contribution in [0.4, 0.5) is 4.79 Å². The van der Waals surface area contributed by atoms with E-state index in [-0.39, 0.29) is 17.9 Å². The molecule has 41 heavy (non-hydrogen) atoms. The number of likely N-dealkylation sites (tertiary alicyclic amines) is 1. The molecule has 5 rings (SSSR count). The van der Waals surface area contributed by atoms with Crippen LogP contribution < -0.4 is 5.32 Å². The summed E-state index contributed by atoms with van der Waals surface area (Å²) < 4.78 is 13.5. The van der Waals surface area contributed by atoms with Crippen molar-refractivity contribution in [3.8, 4) is 11.3 Å². The standard InChI is InChI=1S/C31H34Cl2N4O4/c1-19-13-26(29(38)34-17-20-9-11-36(12-10-20)30(39)41-31(2,3)4)35-37(19)18-22-15-23(32)14-21-16-27(40-28(21)22)24-7-5-6-8-25(24)33/h5-8,13-16,20H,9-12,17-18H2,1-4H3,(H,34,38). The van der Waals surface area contributed by atoms with Crippen LogP contribution in [0.15, 0.2) is 52.9 Å². The molecule has 10 heteroatoms. The van der Waals surface area contributed by atoms with Gasteiger partial charge in [-0.2, -0.15) is 5.10 Å². The first-order chi connectivity index (χ1) is 19.5. The molecule has 216 valence electrons. The molecular weight excluding hydrogens is 563 g/mol. The number of ether oxygens (including phenoxy) is 1. The van der Waals surface area contributed by atoms with Gasteiger partial charge in [0.2, 0.25) is 0 Å². The minimum absolute atomic E-state index is 0.225. The summed E-state index contributed by atoms with van der Waals surface area (Å²) in [5.74, 6) is 0.715. The van der Waals surface area contributed by atoms with E-state index in [1.807, 2.05) is 70.2 Å². The van der Waals surface area contributed by atoms with Crippen molar-refractivity contribution in [1.29, 1.82) is 0 Å². The van der Waals surface area contributed by atoms with Gasteiger partial charge in [-0.3, -0.25) is 9.48 Å². The van der Waals surface area contributed by atoms with E-state index in [1.54, 1.807) is 15.6 Å². The number of carbonyl (C=O) groups excluding carboxylic acids is 2. The van der Waals surface area contributed by atoms with Crippen molar-refractivity contribution in [2.45, 2.75) is 52.7 Å². The van der Waals surface area contributed by atoms with Crippen molar-refractivity contribution in [3.63, 3.8) is 0 Å². The molecule has 0 atom stereocenters. The van der Waals surface area contributed by atoms with E-state index < -0.39 is 5.60 Å². The van der Waals surface area contributed by atoms with E-state index in [4.69, 9.17) is 32.4 Å². The lowest BCUT2D eigenvalue weighted by molar-refractivity contribution is 0.0183. The van der Waals surface area contributed by atoms with Gasteiger partial charge >= 0.3 is 6.09 Å². The zero-order valence-corrected chi connectivity index (χ0v) is 25.2. The van der Waals surface area contributed by atoms with Crippen LogP contribution in [0.5, 0.6) is 0 Å². The first-order valence-corrected chi connectivity index (χ1v) is 14.5. The summed E-state index contributed by atoms with van der Waals surface area (Å²) >= 11 is 12.8. The van der Waals surface area contributed by atoms with Crippen molar-refractivity contribution >= 4 is 46.2 Å². The average molecular weight is 598 g/mol. The molecular formula is C31H34Cl2N4O4. The van der Waals surface area contributed by atoms with Crippen molar-refractivity contribution in [1.82, 2.24) is 20.0 Å². The van der Waals surface area contributed by atoms with Crippen molar-refractivity contribution < 1.29 is 18.7 Å². The quantitative estimate of drug-likeness (QED) is 0.251. The number of nitrogens with zero attached hydrogens (tertiary/aromatic N) is 3. The predicted molar refractivity (Wildman–Crippen MR) is 161 cm³/mol. The molecule has 0 unspecified atom stereocenters. The van der Waals surface area contributed by atoms with E-state index >= 15 is 0 Å². The monoisotopic (exact) mass is 596 g/mol. The fraction of sp³-hybridized carbons (Fsp3) is 0.387. The molecule has 1 saturated heterocycles. The van der Waals surface area contributed by atoms with E-state index in [0.29, 0.717) is 53.3 Å². The maximum atomic E-state index is 13.0. The average Bonchev–Trinajstić information content (AvgIpc) is 3.50. The van der Waals surface area contributed by atoms with Gasteiger partial charge in [-0.15, -0.1) is 0 Å². The Kier molecular flexibility index (Phi) is 8.34. The molecule has 0 aliphatic carbocycles. The molecule has 2 aromatic carbocycles. The zero-order valence-electron chi connectivity index (χ0n) is 23.7. The highest BCUT2D eigenvalue weighted by atomic mass is 35.5. The lowest BCUT2D eigenvalue weighted by Crippen LogP contribution is -2.43. The molecule has 1 aliphatic heterocycles. The Hall–Kier alpha value is -3.49. The molecule has 0 spiro atoms. The lowest BCUT2D eigenvalue weighted by Gasteiger charge is -2.33. The fourth-order valence-corrected chi connectivity index (χ4v) is 5.49. The first kappa shape index (κ1) is 29.0. The number of aromatic nitrogens is 2. The van der Waals surface area contributed by atoms with Gasteiger partial charge in [0.15, 0.2) is 0 Å². The number of amides is 2. The SMILES string of the molecule is Cc1cc(C(=O)NCC2CCN(C(=O)OC(C)(C)C)CC2)nn1Cc1cc(Cl)cc2cc(-c3ccccc3Cl)oc12. The van der Waals surface area contributed by atoms with Crippen molar-refractivity contribution in [2.24, 2.45) is 5.92 Å². The molecule has 0 bridgehead atoms.